The second-order valence-electron chi connectivity index (χ2n) is 5.07. The van der Waals surface area contributed by atoms with Crippen LogP contribution in [0.5, 0.6) is 0 Å². The number of carbonyl (C=O) groups excluding carboxylic acids is 1. The van der Waals surface area contributed by atoms with Crippen molar-refractivity contribution in [2.45, 2.75) is 18.4 Å². The number of carboxylic acids is 1. The smallest absolute Gasteiger partial charge is 0.223 e. The molecular weight excluding hydrogens is 280 g/mol. The highest BCUT2D eigenvalue weighted by Gasteiger charge is 2.41. The number of aliphatic carboxylic acids is 1. The van der Waals surface area contributed by atoms with Crippen LogP contribution in [0.4, 0.5) is 0 Å². The summed E-state index contributed by atoms with van der Waals surface area (Å²) in [7, 11) is 2.98. The van der Waals surface area contributed by atoms with Gasteiger partial charge in [0.2, 0.25) is 11.5 Å². The largest absolute Gasteiger partial charge is 0.544 e. The van der Waals surface area contributed by atoms with Crippen molar-refractivity contribution in [1.82, 2.24) is 5.32 Å². The average molecular weight is 302 g/mol. The Morgan fingerprint density at radius 2 is 2.14 bits per heavy atom. The van der Waals surface area contributed by atoms with Gasteiger partial charge in [-0.05, 0) is 0 Å². The summed E-state index contributed by atoms with van der Waals surface area (Å²) >= 11 is 0. The summed E-state index contributed by atoms with van der Waals surface area (Å²) in [6.45, 7) is -0.697. The summed E-state index contributed by atoms with van der Waals surface area (Å²) in [6.07, 6.45) is 0.177. The van der Waals surface area contributed by atoms with Crippen molar-refractivity contribution in [3.63, 3.8) is 0 Å². The Bertz CT molecular complexity index is 460. The van der Waals surface area contributed by atoms with Gasteiger partial charge in [-0.25, -0.2) is 4.58 Å². The van der Waals surface area contributed by atoms with E-state index in [-0.39, 0.29) is 32.5 Å². The Labute approximate surface area is 123 Å². The van der Waals surface area contributed by atoms with Crippen LogP contribution in [0.2, 0.25) is 0 Å². The van der Waals surface area contributed by atoms with Crippen molar-refractivity contribution in [1.29, 1.82) is 0 Å². The summed E-state index contributed by atoms with van der Waals surface area (Å²) in [4.78, 5) is 10.7. The van der Waals surface area contributed by atoms with Crippen LogP contribution in [0, 0.1) is 0 Å². The van der Waals surface area contributed by atoms with E-state index < -0.39 is 18.2 Å². The van der Waals surface area contributed by atoms with Gasteiger partial charge in [-0.15, -0.1) is 0 Å². The minimum Gasteiger partial charge on any atom is -0.544 e. The van der Waals surface area contributed by atoms with Crippen LogP contribution in [-0.2, 0) is 9.53 Å². The van der Waals surface area contributed by atoms with Gasteiger partial charge in [-0.3, -0.25) is 0 Å². The van der Waals surface area contributed by atoms with Crippen LogP contribution >= 0.6 is 0 Å². The first-order valence-corrected chi connectivity index (χ1v) is 6.59. The Kier molecular flexibility index (Phi) is 6.13. The quantitative estimate of drug-likeness (QED) is 0.364. The summed E-state index contributed by atoms with van der Waals surface area (Å²) in [5.74, 6) is -0.853. The molecule has 0 aliphatic heterocycles. The highest BCUT2D eigenvalue weighted by Crippen LogP contribution is 2.30. The SMILES string of the molecule is COC1=C(NCCO)CC(O)(CO)CC1=[N+](C)CC(=O)[O-]. The lowest BCUT2D eigenvalue weighted by Crippen LogP contribution is -2.46. The van der Waals surface area contributed by atoms with Crippen LogP contribution in [0.1, 0.15) is 12.8 Å². The van der Waals surface area contributed by atoms with E-state index in [0.717, 1.165) is 0 Å². The number of carboxylic acid groups (broad SMARTS) is 1. The zero-order chi connectivity index (χ0) is 16.0. The molecule has 0 saturated carbocycles. The highest BCUT2D eigenvalue weighted by molar-refractivity contribution is 5.97. The highest BCUT2D eigenvalue weighted by atomic mass is 16.5. The Balaban J connectivity index is 3.26. The molecule has 4 N–H and O–H groups in total. The molecule has 0 heterocycles. The van der Waals surface area contributed by atoms with Crippen LogP contribution in [0.15, 0.2) is 11.5 Å². The molecule has 120 valence electrons. The average Bonchev–Trinajstić information content (AvgIpc) is 2.43. The van der Waals surface area contributed by atoms with E-state index in [1.807, 2.05) is 0 Å². The van der Waals surface area contributed by atoms with E-state index in [0.29, 0.717) is 17.2 Å². The first kappa shape index (κ1) is 17.4. The minimum atomic E-state index is -1.41. The molecule has 0 saturated heterocycles. The molecule has 0 aromatic rings. The molecule has 1 rings (SSSR count). The van der Waals surface area contributed by atoms with Gasteiger partial charge >= 0.3 is 0 Å². The molecule has 0 amide bonds. The fourth-order valence-corrected chi connectivity index (χ4v) is 2.34. The number of hydrogen-bond donors (Lipinski definition) is 4. The molecule has 0 spiro atoms. The molecule has 1 unspecified atom stereocenters. The maximum atomic E-state index is 10.7. The van der Waals surface area contributed by atoms with Crippen LogP contribution in [-0.4, -0.2) is 77.6 Å². The molecule has 0 aromatic heterocycles. The van der Waals surface area contributed by atoms with Gasteiger partial charge in [0.1, 0.15) is 18.6 Å². The number of likely N-dealkylation sites (N-methyl/N-ethyl adjacent to an activating group) is 1. The lowest BCUT2D eigenvalue weighted by molar-refractivity contribution is -0.501. The number of nitrogens with one attached hydrogen (secondary N) is 1. The van der Waals surface area contributed by atoms with Crippen LogP contribution in [0.3, 0.4) is 0 Å². The van der Waals surface area contributed by atoms with Gasteiger partial charge in [0.15, 0.2) is 6.54 Å². The number of allylic oxidation sites excluding steroid dienone is 1. The van der Waals surface area contributed by atoms with Gasteiger partial charge < -0.3 is 35.3 Å². The maximum absolute atomic E-state index is 10.7. The van der Waals surface area contributed by atoms with Crippen molar-refractivity contribution in [3.05, 3.63) is 11.5 Å². The molecular formula is C13H22N2O6. The minimum absolute atomic E-state index is 0.0563. The second-order valence-corrected chi connectivity index (χ2v) is 5.07. The van der Waals surface area contributed by atoms with Crippen molar-refractivity contribution < 1.29 is 34.5 Å². The number of aliphatic hydroxyl groups excluding tert-OH is 2. The number of aliphatic hydroxyl groups is 3. The topological polar surface area (TPSA) is 125 Å². The van der Waals surface area contributed by atoms with Crippen molar-refractivity contribution in [2.75, 3.05) is 40.5 Å². The number of methoxy groups -OCH3 is 1. The fourth-order valence-electron chi connectivity index (χ4n) is 2.34. The predicted octanol–water partition coefficient (Wildman–Crippen LogP) is -3.22. The summed E-state index contributed by atoms with van der Waals surface area (Å²) in [5, 5.41) is 42.3. The molecule has 8 nitrogen and oxygen atoms in total. The van der Waals surface area contributed by atoms with Crippen molar-refractivity contribution in [2.24, 2.45) is 0 Å². The van der Waals surface area contributed by atoms with Gasteiger partial charge in [-0.2, -0.15) is 0 Å². The number of carbonyl (C=O) groups is 1. The van der Waals surface area contributed by atoms with E-state index in [4.69, 9.17) is 9.84 Å². The first-order chi connectivity index (χ1) is 9.86. The van der Waals surface area contributed by atoms with Crippen molar-refractivity contribution >= 4 is 11.7 Å². The monoisotopic (exact) mass is 302 g/mol. The molecule has 21 heavy (non-hydrogen) atoms. The second kappa shape index (κ2) is 7.39. The zero-order valence-electron chi connectivity index (χ0n) is 12.3. The standard InChI is InChI=1S/C13H22N2O6/c1-15(7-11(18)19)10-6-13(20,8-17)5-9(12(10)21-2)14-3-4-16/h16-17,20H,3-8H2,1-2H3,(H,18,19). The Morgan fingerprint density at radius 1 is 1.48 bits per heavy atom. The number of rotatable bonds is 7. The molecule has 0 fully saturated rings. The molecule has 8 heteroatoms. The van der Waals surface area contributed by atoms with Crippen LogP contribution in [0.25, 0.3) is 0 Å². The summed E-state index contributed by atoms with van der Waals surface area (Å²) in [5.41, 5.74) is -0.450. The van der Waals surface area contributed by atoms with Crippen LogP contribution < -0.4 is 10.4 Å². The summed E-state index contributed by atoms with van der Waals surface area (Å²) < 4.78 is 6.70. The number of hydrogen-bond acceptors (Lipinski definition) is 7. The van der Waals surface area contributed by atoms with Gasteiger partial charge in [-0.1, -0.05) is 0 Å². The Morgan fingerprint density at radius 3 is 2.62 bits per heavy atom. The molecule has 1 atom stereocenters. The van der Waals surface area contributed by atoms with E-state index in [2.05, 4.69) is 5.32 Å². The lowest BCUT2D eigenvalue weighted by Gasteiger charge is -2.32. The number of ether oxygens (including phenoxy) is 1. The third-order valence-electron chi connectivity index (χ3n) is 3.31. The summed E-state index contributed by atoms with van der Waals surface area (Å²) in [6, 6.07) is 0. The van der Waals surface area contributed by atoms with E-state index in [1.165, 1.54) is 18.7 Å². The van der Waals surface area contributed by atoms with Crippen molar-refractivity contribution in [3.8, 4) is 0 Å². The molecule has 1 aliphatic carbocycles. The van der Waals surface area contributed by atoms with Gasteiger partial charge in [0.05, 0.1) is 32.4 Å². The van der Waals surface area contributed by atoms with Gasteiger partial charge in [0, 0.05) is 13.0 Å². The molecule has 0 bridgehead atoms. The third kappa shape index (κ3) is 4.42. The molecule has 0 aromatic carbocycles. The van der Waals surface area contributed by atoms with E-state index >= 15 is 0 Å². The fraction of sp³-hybridized carbons (Fsp3) is 0.692. The normalized spacial score (nSPS) is 24.8. The maximum Gasteiger partial charge on any atom is 0.223 e. The third-order valence-corrected chi connectivity index (χ3v) is 3.31. The van der Waals surface area contributed by atoms with E-state index in [9.17, 15) is 20.1 Å². The van der Waals surface area contributed by atoms with E-state index in [1.54, 1.807) is 0 Å². The zero-order valence-corrected chi connectivity index (χ0v) is 12.3. The molecule has 0 radical (unpaired) electrons. The lowest BCUT2D eigenvalue weighted by atomic mass is 9.85. The van der Waals surface area contributed by atoms with Gasteiger partial charge in [0.25, 0.3) is 0 Å². The Hall–Kier alpha value is -1.64. The number of nitrogens with zero attached hydrogens (tertiary/aromatic N) is 1. The first-order valence-electron chi connectivity index (χ1n) is 6.59. The molecule has 1 aliphatic rings. The predicted molar refractivity (Wildman–Crippen MR) is 71.5 cm³/mol.